The van der Waals surface area contributed by atoms with Crippen molar-refractivity contribution >= 4 is 11.0 Å². The molecular formula is C17H25FN2O. The molecule has 21 heavy (non-hydrogen) atoms. The first-order chi connectivity index (χ1) is 9.96. The Hall–Kier alpha value is -1.39. The number of halogens is 1. The van der Waals surface area contributed by atoms with Gasteiger partial charge in [0.25, 0.3) is 0 Å². The molecule has 2 aromatic rings. The topological polar surface area (TPSA) is 42.4 Å². The molecule has 0 bridgehead atoms. The fourth-order valence-corrected chi connectivity index (χ4v) is 3.08. The summed E-state index contributed by atoms with van der Waals surface area (Å²) < 4.78 is 19.2. The number of nitrogens with two attached hydrogens (primary N) is 1. The van der Waals surface area contributed by atoms with Crippen LogP contribution < -0.4 is 5.73 Å². The smallest absolute Gasteiger partial charge is 0.134 e. The fraction of sp³-hybridized carbons (Fsp3) is 0.529. The van der Waals surface area contributed by atoms with Crippen molar-refractivity contribution in [2.75, 3.05) is 13.1 Å². The minimum absolute atomic E-state index is 0.185. The molecule has 0 radical (unpaired) electrons. The zero-order chi connectivity index (χ0) is 15.6. The molecule has 0 aliphatic carbocycles. The largest absolute Gasteiger partial charge is 0.459 e. The van der Waals surface area contributed by atoms with Gasteiger partial charge in [-0.25, -0.2) is 4.39 Å². The summed E-state index contributed by atoms with van der Waals surface area (Å²) in [5.41, 5.74) is 7.00. The Bertz CT molecular complexity index is 606. The molecule has 1 aromatic carbocycles. The highest BCUT2D eigenvalue weighted by Gasteiger charge is 2.37. The molecule has 0 aliphatic heterocycles. The number of nitrogens with zero attached hydrogens (tertiary/aromatic N) is 1. The number of hydrogen-bond acceptors (Lipinski definition) is 3. The molecule has 3 nitrogen and oxygen atoms in total. The molecule has 0 fully saturated rings. The average molecular weight is 292 g/mol. The summed E-state index contributed by atoms with van der Waals surface area (Å²) in [5.74, 6) is 0.456. The normalized spacial score (nSPS) is 16.3. The molecule has 1 heterocycles. The summed E-state index contributed by atoms with van der Waals surface area (Å²) in [6.07, 6.45) is 0.918. The van der Waals surface area contributed by atoms with Gasteiger partial charge in [0, 0.05) is 10.9 Å². The zero-order valence-electron chi connectivity index (χ0n) is 13.3. The first-order valence-corrected chi connectivity index (χ1v) is 7.65. The SMILES string of the molecule is CCN(CC)C(C)(CC)C(N)c1cc2cc(F)ccc2o1. The van der Waals surface area contributed by atoms with Crippen LogP contribution in [0.1, 0.15) is 45.9 Å². The van der Waals surface area contributed by atoms with Crippen LogP contribution in [0.15, 0.2) is 28.7 Å². The van der Waals surface area contributed by atoms with E-state index >= 15 is 0 Å². The van der Waals surface area contributed by atoms with E-state index in [2.05, 4.69) is 32.6 Å². The van der Waals surface area contributed by atoms with Crippen molar-refractivity contribution in [1.29, 1.82) is 0 Å². The van der Waals surface area contributed by atoms with Gasteiger partial charge >= 0.3 is 0 Å². The molecule has 0 saturated heterocycles. The van der Waals surface area contributed by atoms with E-state index in [1.54, 1.807) is 6.07 Å². The van der Waals surface area contributed by atoms with Gasteiger partial charge in [0.05, 0.1) is 6.04 Å². The number of benzene rings is 1. The van der Waals surface area contributed by atoms with E-state index in [4.69, 9.17) is 10.2 Å². The van der Waals surface area contributed by atoms with Crippen LogP contribution in [0.2, 0.25) is 0 Å². The van der Waals surface area contributed by atoms with E-state index in [0.29, 0.717) is 11.3 Å². The number of rotatable bonds is 6. The maximum Gasteiger partial charge on any atom is 0.134 e. The van der Waals surface area contributed by atoms with Crippen molar-refractivity contribution in [2.24, 2.45) is 5.73 Å². The fourth-order valence-electron chi connectivity index (χ4n) is 3.08. The molecule has 0 saturated carbocycles. The molecule has 2 N–H and O–H groups in total. The third-order valence-corrected chi connectivity index (χ3v) is 4.68. The highest BCUT2D eigenvalue weighted by molar-refractivity contribution is 5.78. The summed E-state index contributed by atoms with van der Waals surface area (Å²) in [6.45, 7) is 10.4. The molecule has 2 rings (SSSR count). The van der Waals surface area contributed by atoms with Crippen molar-refractivity contribution in [1.82, 2.24) is 4.90 Å². The lowest BCUT2D eigenvalue weighted by Gasteiger charge is -2.43. The Morgan fingerprint density at radius 3 is 2.48 bits per heavy atom. The van der Waals surface area contributed by atoms with Gasteiger partial charge in [-0.05, 0) is 50.7 Å². The monoisotopic (exact) mass is 292 g/mol. The second-order valence-corrected chi connectivity index (χ2v) is 5.69. The van der Waals surface area contributed by atoms with Gasteiger partial charge in [-0.2, -0.15) is 0 Å². The van der Waals surface area contributed by atoms with Crippen molar-refractivity contribution in [3.63, 3.8) is 0 Å². The summed E-state index contributed by atoms with van der Waals surface area (Å²) >= 11 is 0. The van der Waals surface area contributed by atoms with Gasteiger partial charge in [0.15, 0.2) is 0 Å². The summed E-state index contributed by atoms with van der Waals surface area (Å²) in [5, 5.41) is 0.762. The second kappa shape index (κ2) is 6.16. The first kappa shape index (κ1) is 16.0. The summed E-state index contributed by atoms with van der Waals surface area (Å²) in [7, 11) is 0. The van der Waals surface area contributed by atoms with Crippen molar-refractivity contribution in [2.45, 2.75) is 45.7 Å². The molecule has 0 spiro atoms. The number of fused-ring (bicyclic) bond motifs is 1. The van der Waals surface area contributed by atoms with Crippen molar-refractivity contribution in [3.8, 4) is 0 Å². The first-order valence-electron chi connectivity index (χ1n) is 7.65. The van der Waals surface area contributed by atoms with Gasteiger partial charge < -0.3 is 10.2 Å². The van der Waals surface area contributed by atoms with Crippen LogP contribution in [-0.2, 0) is 0 Å². The Morgan fingerprint density at radius 1 is 1.24 bits per heavy atom. The van der Waals surface area contributed by atoms with Crippen LogP contribution in [0.3, 0.4) is 0 Å². The maximum atomic E-state index is 13.3. The Kier molecular flexibility index (Phi) is 4.69. The van der Waals surface area contributed by atoms with Crippen LogP contribution in [0, 0.1) is 5.82 Å². The third kappa shape index (κ3) is 2.83. The van der Waals surface area contributed by atoms with Crippen LogP contribution in [0.25, 0.3) is 11.0 Å². The minimum atomic E-state index is -0.259. The van der Waals surface area contributed by atoms with Crippen LogP contribution in [0.4, 0.5) is 4.39 Å². The molecular weight excluding hydrogens is 267 g/mol. The van der Waals surface area contributed by atoms with Crippen LogP contribution >= 0.6 is 0 Å². The van der Waals surface area contributed by atoms with Gasteiger partial charge in [0.2, 0.25) is 0 Å². The van der Waals surface area contributed by atoms with Gasteiger partial charge in [-0.15, -0.1) is 0 Å². The predicted octanol–water partition coefficient (Wildman–Crippen LogP) is 4.08. The Balaban J connectivity index is 2.41. The molecule has 0 amide bonds. The van der Waals surface area contributed by atoms with Crippen LogP contribution in [-0.4, -0.2) is 23.5 Å². The lowest BCUT2D eigenvalue weighted by molar-refractivity contribution is 0.0773. The predicted molar refractivity (Wildman–Crippen MR) is 84.7 cm³/mol. The van der Waals surface area contributed by atoms with Crippen LogP contribution in [0.5, 0.6) is 0 Å². The van der Waals surface area contributed by atoms with E-state index in [0.717, 1.165) is 24.9 Å². The van der Waals surface area contributed by atoms with Gasteiger partial charge in [0.1, 0.15) is 17.2 Å². The maximum absolute atomic E-state index is 13.3. The summed E-state index contributed by atoms with van der Waals surface area (Å²) in [4.78, 5) is 2.35. The number of furan rings is 1. The second-order valence-electron chi connectivity index (χ2n) is 5.69. The van der Waals surface area contributed by atoms with Crippen molar-refractivity contribution in [3.05, 3.63) is 35.8 Å². The standard InChI is InChI=1S/C17H25FN2O/c1-5-17(4,20(6-2)7-3)16(19)15-11-12-10-13(18)8-9-14(12)21-15/h8-11,16H,5-7,19H2,1-4H3. The molecule has 2 atom stereocenters. The number of hydrogen-bond donors (Lipinski definition) is 1. The molecule has 0 aliphatic rings. The van der Waals surface area contributed by atoms with E-state index in [1.807, 2.05) is 6.07 Å². The molecule has 1 aromatic heterocycles. The molecule has 116 valence electrons. The Labute approximate surface area is 125 Å². The van der Waals surface area contributed by atoms with E-state index in [-0.39, 0.29) is 17.4 Å². The van der Waals surface area contributed by atoms with Gasteiger partial charge in [-0.3, -0.25) is 4.90 Å². The Morgan fingerprint density at radius 2 is 1.90 bits per heavy atom. The average Bonchev–Trinajstić information content (AvgIpc) is 2.90. The van der Waals surface area contributed by atoms with Gasteiger partial charge in [-0.1, -0.05) is 20.8 Å². The number of likely N-dealkylation sites (N-methyl/N-ethyl adjacent to an activating group) is 1. The highest BCUT2D eigenvalue weighted by atomic mass is 19.1. The van der Waals surface area contributed by atoms with E-state index in [1.165, 1.54) is 12.1 Å². The third-order valence-electron chi connectivity index (χ3n) is 4.68. The quantitative estimate of drug-likeness (QED) is 0.872. The lowest BCUT2D eigenvalue weighted by Crippen LogP contribution is -2.52. The molecule has 2 unspecified atom stereocenters. The molecule has 4 heteroatoms. The summed E-state index contributed by atoms with van der Waals surface area (Å²) in [6, 6.07) is 6.15. The lowest BCUT2D eigenvalue weighted by atomic mass is 9.86. The minimum Gasteiger partial charge on any atom is -0.459 e. The van der Waals surface area contributed by atoms with E-state index in [9.17, 15) is 4.39 Å². The van der Waals surface area contributed by atoms with Crippen molar-refractivity contribution < 1.29 is 8.81 Å². The van der Waals surface area contributed by atoms with E-state index < -0.39 is 0 Å². The highest BCUT2D eigenvalue weighted by Crippen LogP contribution is 2.35. The zero-order valence-corrected chi connectivity index (χ0v) is 13.3.